The molecule has 0 unspecified atom stereocenters. The highest BCUT2D eigenvalue weighted by Crippen LogP contribution is 2.25. The molecule has 0 fully saturated rings. The number of aliphatic hydroxyl groups is 1. The Hall–Kier alpha value is -0.370. The number of hydrogen-bond donors (Lipinski definition) is 1. The van der Waals surface area contributed by atoms with Gasteiger partial charge in [0.05, 0.1) is 10.2 Å². The average Bonchev–Trinajstić information content (AvgIpc) is 2.09. The van der Waals surface area contributed by atoms with Gasteiger partial charge in [-0.1, -0.05) is 0 Å². The Kier molecular flexibility index (Phi) is 3.48. The predicted molar refractivity (Wildman–Crippen MR) is 47.8 cm³/mol. The first kappa shape index (κ1) is 10.7. The maximum absolute atomic E-state index is 13.1. The molecule has 1 aromatic heterocycles. The summed E-state index contributed by atoms with van der Waals surface area (Å²) in [4.78, 5) is 3.35. The van der Waals surface area contributed by atoms with E-state index < -0.39 is 30.1 Å². The molecule has 0 aromatic carbocycles. The fourth-order valence-electron chi connectivity index (χ4n) is 0.856. The Balaban J connectivity index is 3.30. The first-order valence-electron chi connectivity index (χ1n) is 3.29. The van der Waals surface area contributed by atoms with E-state index in [0.29, 0.717) is 0 Å². The van der Waals surface area contributed by atoms with Crippen molar-refractivity contribution in [3.8, 4) is 0 Å². The standard InChI is InChI=1S/C7H5F3INO/c8-5-3(2-13)6(7(9)10)12-1-4(5)11/h1,7,13H,2H2. The summed E-state index contributed by atoms with van der Waals surface area (Å²) < 4.78 is 37.6. The van der Waals surface area contributed by atoms with Crippen LogP contribution in [0, 0.1) is 9.39 Å². The van der Waals surface area contributed by atoms with Crippen molar-refractivity contribution in [2.24, 2.45) is 0 Å². The maximum atomic E-state index is 13.1. The minimum absolute atomic E-state index is 0.117. The van der Waals surface area contributed by atoms with Gasteiger partial charge in [0.25, 0.3) is 6.43 Å². The molecule has 0 saturated carbocycles. The zero-order valence-electron chi connectivity index (χ0n) is 6.27. The molecule has 0 aliphatic heterocycles. The van der Waals surface area contributed by atoms with Crippen LogP contribution >= 0.6 is 22.6 Å². The van der Waals surface area contributed by atoms with E-state index in [4.69, 9.17) is 5.11 Å². The Morgan fingerprint density at radius 2 is 2.15 bits per heavy atom. The van der Waals surface area contributed by atoms with E-state index in [1.807, 2.05) is 0 Å². The van der Waals surface area contributed by atoms with E-state index in [1.165, 1.54) is 0 Å². The number of rotatable bonds is 2. The molecule has 0 amide bonds. The first-order chi connectivity index (χ1) is 6.07. The molecule has 1 heterocycles. The van der Waals surface area contributed by atoms with Crippen LogP contribution in [0.4, 0.5) is 13.2 Å². The molecule has 0 spiro atoms. The summed E-state index contributed by atoms with van der Waals surface area (Å²) in [6.07, 6.45) is -1.86. The summed E-state index contributed by atoms with van der Waals surface area (Å²) in [5.74, 6) is -0.826. The van der Waals surface area contributed by atoms with Gasteiger partial charge >= 0.3 is 0 Å². The molecule has 1 N–H and O–H groups in total. The lowest BCUT2D eigenvalue weighted by Gasteiger charge is -2.07. The summed E-state index contributed by atoms with van der Waals surface area (Å²) >= 11 is 1.62. The van der Waals surface area contributed by atoms with E-state index in [2.05, 4.69) is 4.98 Å². The second kappa shape index (κ2) is 4.23. The zero-order valence-corrected chi connectivity index (χ0v) is 8.43. The second-order valence-electron chi connectivity index (χ2n) is 2.24. The van der Waals surface area contributed by atoms with Gasteiger partial charge in [-0.25, -0.2) is 13.2 Å². The highest BCUT2D eigenvalue weighted by atomic mass is 127. The molecule has 0 bridgehead atoms. The van der Waals surface area contributed by atoms with Crippen molar-refractivity contribution in [3.05, 3.63) is 26.8 Å². The predicted octanol–water partition coefficient (Wildman–Crippen LogP) is 2.26. The van der Waals surface area contributed by atoms with Crippen molar-refractivity contribution >= 4 is 22.6 Å². The highest BCUT2D eigenvalue weighted by molar-refractivity contribution is 14.1. The summed E-state index contributed by atoms with van der Waals surface area (Å²) in [6, 6.07) is 0. The molecular weight excluding hydrogens is 298 g/mol. The Morgan fingerprint density at radius 1 is 1.54 bits per heavy atom. The van der Waals surface area contributed by atoms with E-state index in [-0.39, 0.29) is 3.57 Å². The van der Waals surface area contributed by atoms with E-state index in [1.54, 1.807) is 22.6 Å². The van der Waals surface area contributed by atoms with Gasteiger partial charge in [-0.3, -0.25) is 4.98 Å². The van der Waals surface area contributed by atoms with Crippen molar-refractivity contribution in [1.82, 2.24) is 4.98 Å². The van der Waals surface area contributed by atoms with E-state index in [9.17, 15) is 13.2 Å². The van der Waals surface area contributed by atoms with Crippen molar-refractivity contribution in [2.45, 2.75) is 13.0 Å². The molecule has 0 radical (unpaired) electrons. The van der Waals surface area contributed by atoms with Crippen LogP contribution in [0.2, 0.25) is 0 Å². The molecular formula is C7H5F3INO. The Labute approximate surface area is 85.9 Å². The normalized spacial score (nSPS) is 10.9. The quantitative estimate of drug-likeness (QED) is 0.850. The lowest BCUT2D eigenvalue weighted by molar-refractivity contribution is 0.140. The second-order valence-corrected chi connectivity index (χ2v) is 3.40. The number of alkyl halides is 2. The van der Waals surface area contributed by atoms with Crippen LogP contribution in [-0.2, 0) is 6.61 Å². The van der Waals surface area contributed by atoms with Gasteiger partial charge < -0.3 is 5.11 Å². The molecule has 0 saturated heterocycles. The van der Waals surface area contributed by atoms with Gasteiger partial charge in [0, 0.05) is 11.8 Å². The molecule has 6 heteroatoms. The molecule has 2 nitrogen and oxygen atoms in total. The molecule has 1 aromatic rings. The summed E-state index contributed by atoms with van der Waals surface area (Å²) in [5.41, 5.74) is -1.12. The third-order valence-electron chi connectivity index (χ3n) is 1.47. The van der Waals surface area contributed by atoms with E-state index >= 15 is 0 Å². The monoisotopic (exact) mass is 303 g/mol. The van der Waals surface area contributed by atoms with Gasteiger partial charge in [-0.2, -0.15) is 0 Å². The van der Waals surface area contributed by atoms with Crippen molar-refractivity contribution < 1.29 is 18.3 Å². The number of hydrogen-bond acceptors (Lipinski definition) is 2. The average molecular weight is 303 g/mol. The fourth-order valence-corrected chi connectivity index (χ4v) is 1.32. The van der Waals surface area contributed by atoms with Crippen molar-refractivity contribution in [2.75, 3.05) is 0 Å². The summed E-state index contributed by atoms with van der Waals surface area (Å²) in [6.45, 7) is -0.769. The van der Waals surface area contributed by atoms with Gasteiger partial charge in [-0.05, 0) is 22.6 Å². The number of nitrogens with zero attached hydrogens (tertiary/aromatic N) is 1. The molecule has 0 aliphatic rings. The lowest BCUT2D eigenvalue weighted by atomic mass is 10.2. The molecule has 72 valence electrons. The molecule has 13 heavy (non-hydrogen) atoms. The van der Waals surface area contributed by atoms with Crippen LogP contribution in [-0.4, -0.2) is 10.1 Å². The van der Waals surface area contributed by atoms with Crippen LogP contribution in [0.25, 0.3) is 0 Å². The Bertz CT molecular complexity index is 319. The number of aliphatic hydroxyl groups excluding tert-OH is 1. The fraction of sp³-hybridized carbons (Fsp3) is 0.286. The minimum Gasteiger partial charge on any atom is -0.391 e. The number of pyridine rings is 1. The Morgan fingerprint density at radius 3 is 2.62 bits per heavy atom. The van der Waals surface area contributed by atoms with Crippen LogP contribution in [0.5, 0.6) is 0 Å². The smallest absolute Gasteiger partial charge is 0.280 e. The van der Waals surface area contributed by atoms with Gasteiger partial charge in [0.2, 0.25) is 0 Å². The summed E-state index contributed by atoms with van der Waals surface area (Å²) in [5, 5.41) is 8.66. The van der Waals surface area contributed by atoms with E-state index in [0.717, 1.165) is 6.20 Å². The highest BCUT2D eigenvalue weighted by Gasteiger charge is 2.19. The van der Waals surface area contributed by atoms with Gasteiger partial charge in [0.1, 0.15) is 11.5 Å². The van der Waals surface area contributed by atoms with Crippen molar-refractivity contribution in [1.29, 1.82) is 0 Å². The minimum atomic E-state index is -2.87. The lowest BCUT2D eigenvalue weighted by Crippen LogP contribution is -2.03. The first-order valence-corrected chi connectivity index (χ1v) is 4.37. The largest absolute Gasteiger partial charge is 0.391 e. The topological polar surface area (TPSA) is 33.1 Å². The van der Waals surface area contributed by atoms with Gasteiger partial charge in [-0.15, -0.1) is 0 Å². The van der Waals surface area contributed by atoms with Crippen LogP contribution in [0.1, 0.15) is 17.7 Å². The van der Waals surface area contributed by atoms with Crippen molar-refractivity contribution in [3.63, 3.8) is 0 Å². The summed E-state index contributed by atoms with van der Waals surface area (Å²) in [7, 11) is 0. The van der Waals surface area contributed by atoms with Crippen LogP contribution < -0.4 is 0 Å². The van der Waals surface area contributed by atoms with Crippen LogP contribution in [0.15, 0.2) is 6.20 Å². The van der Waals surface area contributed by atoms with Crippen LogP contribution in [0.3, 0.4) is 0 Å². The van der Waals surface area contributed by atoms with Gasteiger partial charge in [0.15, 0.2) is 0 Å². The number of aromatic nitrogens is 1. The number of halogens is 4. The molecule has 0 aliphatic carbocycles. The third-order valence-corrected chi connectivity index (χ3v) is 2.22. The maximum Gasteiger partial charge on any atom is 0.280 e. The third kappa shape index (κ3) is 2.11. The SMILES string of the molecule is OCc1c(C(F)F)ncc(I)c1F. The molecule has 1 rings (SSSR count). The zero-order chi connectivity index (χ0) is 10.0. The molecule has 0 atom stereocenters.